The molecule has 0 fully saturated rings. The average Bonchev–Trinajstić information content (AvgIpc) is 3.12. The summed E-state index contributed by atoms with van der Waals surface area (Å²) in [4.78, 5) is 12.3. The number of rotatable bonds is 5. The fraction of sp³-hybridized carbons (Fsp3) is 0.294. The second kappa shape index (κ2) is 7.10. The molecule has 7 nitrogen and oxygen atoms in total. The zero-order chi connectivity index (χ0) is 18.0. The SMILES string of the molecule is Cc1ccc(-n2nc(C)c(NC(=O)CSc3nncn3C)c2C)cc1. The van der Waals surface area contributed by atoms with Gasteiger partial charge in [0, 0.05) is 7.05 Å². The first kappa shape index (κ1) is 17.2. The lowest BCUT2D eigenvalue weighted by Crippen LogP contribution is -2.15. The van der Waals surface area contributed by atoms with E-state index in [9.17, 15) is 4.79 Å². The number of hydrogen-bond donors (Lipinski definition) is 1. The van der Waals surface area contributed by atoms with Gasteiger partial charge in [0.05, 0.1) is 28.5 Å². The molecule has 0 saturated heterocycles. The van der Waals surface area contributed by atoms with Gasteiger partial charge in [-0.2, -0.15) is 5.10 Å². The zero-order valence-corrected chi connectivity index (χ0v) is 15.5. The summed E-state index contributed by atoms with van der Waals surface area (Å²) in [6, 6.07) is 8.12. The van der Waals surface area contributed by atoms with E-state index < -0.39 is 0 Å². The number of aryl methyl sites for hydroxylation is 3. The molecule has 130 valence electrons. The molecular weight excluding hydrogens is 336 g/mol. The van der Waals surface area contributed by atoms with Crippen molar-refractivity contribution in [2.24, 2.45) is 7.05 Å². The minimum Gasteiger partial charge on any atom is -0.322 e. The molecule has 2 aromatic heterocycles. The van der Waals surface area contributed by atoms with Gasteiger partial charge in [0.15, 0.2) is 5.16 Å². The minimum atomic E-state index is -0.0948. The number of aromatic nitrogens is 5. The van der Waals surface area contributed by atoms with E-state index in [1.54, 1.807) is 10.9 Å². The fourth-order valence-corrected chi connectivity index (χ4v) is 3.16. The number of benzene rings is 1. The number of carbonyl (C=O) groups is 1. The number of thioether (sulfide) groups is 1. The van der Waals surface area contributed by atoms with Gasteiger partial charge in [-0.05, 0) is 32.9 Å². The van der Waals surface area contributed by atoms with Crippen LogP contribution in [0, 0.1) is 20.8 Å². The van der Waals surface area contributed by atoms with Crippen molar-refractivity contribution in [1.29, 1.82) is 0 Å². The van der Waals surface area contributed by atoms with Gasteiger partial charge in [-0.15, -0.1) is 10.2 Å². The Morgan fingerprint density at radius 2 is 1.92 bits per heavy atom. The lowest BCUT2D eigenvalue weighted by Gasteiger charge is -2.07. The molecule has 0 saturated carbocycles. The molecule has 0 spiro atoms. The van der Waals surface area contributed by atoms with Crippen LogP contribution in [0.4, 0.5) is 5.69 Å². The maximum Gasteiger partial charge on any atom is 0.234 e. The largest absolute Gasteiger partial charge is 0.322 e. The molecule has 1 amide bonds. The molecule has 8 heteroatoms. The van der Waals surface area contributed by atoms with Crippen molar-refractivity contribution in [2.75, 3.05) is 11.1 Å². The van der Waals surface area contributed by atoms with Crippen LogP contribution in [-0.2, 0) is 11.8 Å². The van der Waals surface area contributed by atoms with Gasteiger partial charge >= 0.3 is 0 Å². The average molecular weight is 356 g/mol. The van der Waals surface area contributed by atoms with Crippen LogP contribution in [0.25, 0.3) is 5.69 Å². The number of carbonyl (C=O) groups excluding carboxylic acids is 1. The predicted molar refractivity (Wildman–Crippen MR) is 98.1 cm³/mol. The quantitative estimate of drug-likeness (QED) is 0.711. The van der Waals surface area contributed by atoms with E-state index >= 15 is 0 Å². The molecule has 0 bridgehead atoms. The molecule has 1 N–H and O–H groups in total. The fourth-order valence-electron chi connectivity index (χ4n) is 2.47. The summed E-state index contributed by atoms with van der Waals surface area (Å²) in [5.41, 5.74) is 4.61. The molecule has 0 atom stereocenters. The van der Waals surface area contributed by atoms with Crippen molar-refractivity contribution in [1.82, 2.24) is 24.5 Å². The number of hydrogen-bond acceptors (Lipinski definition) is 5. The highest BCUT2D eigenvalue weighted by Gasteiger charge is 2.16. The molecule has 0 radical (unpaired) electrons. The highest BCUT2D eigenvalue weighted by molar-refractivity contribution is 7.99. The summed E-state index contributed by atoms with van der Waals surface area (Å²) in [5, 5.41) is 16.0. The molecule has 0 aliphatic heterocycles. The maximum absolute atomic E-state index is 12.3. The van der Waals surface area contributed by atoms with Crippen LogP contribution < -0.4 is 5.32 Å². The van der Waals surface area contributed by atoms with Crippen LogP contribution in [0.2, 0.25) is 0 Å². The van der Waals surface area contributed by atoms with Crippen LogP contribution in [0.3, 0.4) is 0 Å². The van der Waals surface area contributed by atoms with Crippen molar-refractivity contribution in [2.45, 2.75) is 25.9 Å². The molecule has 1 aromatic carbocycles. The summed E-state index contributed by atoms with van der Waals surface area (Å²) in [7, 11) is 1.85. The maximum atomic E-state index is 12.3. The summed E-state index contributed by atoms with van der Waals surface area (Å²) < 4.78 is 3.63. The Labute approximate surface area is 150 Å². The first-order valence-electron chi connectivity index (χ1n) is 7.85. The van der Waals surface area contributed by atoms with E-state index in [1.807, 2.05) is 56.8 Å². The van der Waals surface area contributed by atoms with Crippen molar-refractivity contribution in [3.63, 3.8) is 0 Å². The summed E-state index contributed by atoms with van der Waals surface area (Å²) in [6.07, 6.45) is 1.61. The van der Waals surface area contributed by atoms with Crippen LogP contribution in [0.1, 0.15) is 17.0 Å². The second-order valence-corrected chi connectivity index (χ2v) is 6.80. The van der Waals surface area contributed by atoms with Crippen molar-refractivity contribution in [3.05, 3.63) is 47.5 Å². The molecular formula is C17H20N6OS. The highest BCUT2D eigenvalue weighted by Crippen LogP contribution is 2.23. The standard InChI is InChI=1S/C17H20N6OS/c1-11-5-7-14(8-6-11)23-13(3)16(12(2)21-23)19-15(24)9-25-17-20-18-10-22(17)4/h5-8,10H,9H2,1-4H3,(H,19,24). The molecule has 25 heavy (non-hydrogen) atoms. The molecule has 0 unspecified atom stereocenters. The third-order valence-electron chi connectivity index (χ3n) is 3.84. The van der Waals surface area contributed by atoms with Crippen LogP contribution >= 0.6 is 11.8 Å². The van der Waals surface area contributed by atoms with E-state index in [0.29, 0.717) is 5.16 Å². The highest BCUT2D eigenvalue weighted by atomic mass is 32.2. The Hall–Kier alpha value is -2.61. The van der Waals surface area contributed by atoms with Crippen molar-refractivity contribution in [3.8, 4) is 5.69 Å². The van der Waals surface area contributed by atoms with Crippen molar-refractivity contribution >= 4 is 23.4 Å². The summed E-state index contributed by atoms with van der Waals surface area (Å²) >= 11 is 1.35. The Bertz CT molecular complexity index is 897. The second-order valence-electron chi connectivity index (χ2n) is 5.85. The number of nitrogens with zero attached hydrogens (tertiary/aromatic N) is 5. The van der Waals surface area contributed by atoms with E-state index in [4.69, 9.17) is 0 Å². The predicted octanol–water partition coefficient (Wildman–Crippen LogP) is 2.66. The van der Waals surface area contributed by atoms with E-state index in [-0.39, 0.29) is 11.7 Å². The van der Waals surface area contributed by atoms with Crippen molar-refractivity contribution < 1.29 is 4.79 Å². The first-order chi connectivity index (χ1) is 12.0. The monoisotopic (exact) mass is 356 g/mol. The third-order valence-corrected chi connectivity index (χ3v) is 4.87. The van der Waals surface area contributed by atoms with Crippen LogP contribution in [-0.4, -0.2) is 36.2 Å². The first-order valence-corrected chi connectivity index (χ1v) is 8.84. The van der Waals surface area contributed by atoms with E-state index in [0.717, 1.165) is 22.8 Å². The Morgan fingerprint density at radius 3 is 2.56 bits per heavy atom. The normalized spacial score (nSPS) is 10.9. The van der Waals surface area contributed by atoms with Crippen LogP contribution in [0.5, 0.6) is 0 Å². The molecule has 0 aliphatic carbocycles. The van der Waals surface area contributed by atoms with Gasteiger partial charge < -0.3 is 9.88 Å². The molecule has 3 aromatic rings. The lowest BCUT2D eigenvalue weighted by atomic mass is 10.2. The molecule has 2 heterocycles. The Kier molecular flexibility index (Phi) is 4.89. The third kappa shape index (κ3) is 3.74. The van der Waals surface area contributed by atoms with Gasteiger partial charge in [-0.3, -0.25) is 4.79 Å². The molecule has 0 aliphatic rings. The van der Waals surface area contributed by atoms with Gasteiger partial charge in [-0.1, -0.05) is 29.5 Å². The molecule has 3 rings (SSSR count). The topological polar surface area (TPSA) is 77.6 Å². The number of nitrogens with one attached hydrogen (secondary N) is 1. The minimum absolute atomic E-state index is 0.0948. The number of amides is 1. The zero-order valence-electron chi connectivity index (χ0n) is 14.6. The smallest absolute Gasteiger partial charge is 0.234 e. The summed E-state index contributed by atoms with van der Waals surface area (Å²) in [5.74, 6) is 0.170. The van der Waals surface area contributed by atoms with Gasteiger partial charge in [0.1, 0.15) is 6.33 Å². The van der Waals surface area contributed by atoms with Gasteiger partial charge in [0.2, 0.25) is 5.91 Å². The van der Waals surface area contributed by atoms with E-state index in [1.165, 1.54) is 17.3 Å². The van der Waals surface area contributed by atoms with Crippen LogP contribution in [0.15, 0.2) is 35.7 Å². The van der Waals surface area contributed by atoms with Gasteiger partial charge in [0.25, 0.3) is 0 Å². The summed E-state index contributed by atoms with van der Waals surface area (Å²) in [6.45, 7) is 5.89. The Balaban J connectivity index is 1.73. The lowest BCUT2D eigenvalue weighted by molar-refractivity contribution is -0.113. The number of anilines is 1. The Morgan fingerprint density at radius 1 is 1.20 bits per heavy atom. The van der Waals surface area contributed by atoms with E-state index in [2.05, 4.69) is 20.6 Å². The van der Waals surface area contributed by atoms with Gasteiger partial charge in [-0.25, -0.2) is 4.68 Å².